The van der Waals surface area contributed by atoms with Crippen LogP contribution < -0.4 is 9.47 Å². The molecule has 0 bridgehead atoms. The highest BCUT2D eigenvalue weighted by atomic mass is 32.2. The second kappa shape index (κ2) is 8.57. The summed E-state index contributed by atoms with van der Waals surface area (Å²) in [5.41, 5.74) is 0.792. The van der Waals surface area contributed by atoms with E-state index in [1.807, 2.05) is 30.3 Å². The molecule has 0 spiro atoms. The van der Waals surface area contributed by atoms with Gasteiger partial charge in [0.2, 0.25) is 10.0 Å². The number of hydrogen-bond acceptors (Lipinski definition) is 5. The lowest BCUT2D eigenvalue weighted by molar-refractivity contribution is 0.136. The first-order chi connectivity index (χ1) is 14.5. The van der Waals surface area contributed by atoms with E-state index in [-0.39, 0.29) is 16.7 Å². The van der Waals surface area contributed by atoms with E-state index in [0.29, 0.717) is 38.3 Å². The van der Waals surface area contributed by atoms with Gasteiger partial charge in [-0.1, -0.05) is 18.2 Å². The predicted molar refractivity (Wildman–Crippen MR) is 112 cm³/mol. The molecule has 1 aromatic heterocycles. The van der Waals surface area contributed by atoms with Crippen LogP contribution in [0.2, 0.25) is 0 Å². The third kappa shape index (κ3) is 4.11. The maximum Gasteiger partial charge on any atom is 0.243 e. The van der Waals surface area contributed by atoms with Crippen molar-refractivity contribution in [3.63, 3.8) is 0 Å². The number of nitrogens with zero attached hydrogens (tertiary/aromatic N) is 2. The Morgan fingerprint density at radius 3 is 2.60 bits per heavy atom. The van der Waals surface area contributed by atoms with Crippen molar-refractivity contribution in [1.82, 2.24) is 9.29 Å². The van der Waals surface area contributed by atoms with Crippen LogP contribution >= 0.6 is 0 Å². The second-order valence-electron chi connectivity index (χ2n) is 7.08. The Morgan fingerprint density at radius 2 is 1.87 bits per heavy atom. The smallest absolute Gasteiger partial charge is 0.243 e. The maximum atomic E-state index is 14.1. The van der Waals surface area contributed by atoms with Crippen LogP contribution in [0.1, 0.15) is 19.8 Å². The summed E-state index contributed by atoms with van der Waals surface area (Å²) in [6.07, 6.45) is 2.70. The molecule has 2 aromatic carbocycles. The van der Waals surface area contributed by atoms with Crippen molar-refractivity contribution in [2.75, 3.05) is 19.7 Å². The van der Waals surface area contributed by atoms with Crippen LogP contribution in [-0.4, -0.2) is 43.5 Å². The summed E-state index contributed by atoms with van der Waals surface area (Å²) in [7, 11) is -3.78. The number of rotatable bonds is 6. The third-order valence-corrected chi connectivity index (χ3v) is 7.03. The van der Waals surface area contributed by atoms with Crippen molar-refractivity contribution in [3.05, 3.63) is 60.5 Å². The molecule has 0 N–H and O–H groups in total. The van der Waals surface area contributed by atoms with Crippen LogP contribution in [0.4, 0.5) is 4.39 Å². The zero-order valence-electron chi connectivity index (χ0n) is 16.6. The lowest BCUT2D eigenvalue weighted by Gasteiger charge is -2.31. The second-order valence-corrected chi connectivity index (χ2v) is 9.02. The molecule has 4 rings (SSSR count). The van der Waals surface area contributed by atoms with E-state index in [9.17, 15) is 12.8 Å². The van der Waals surface area contributed by atoms with E-state index in [1.165, 1.54) is 16.4 Å². The molecule has 1 aliphatic rings. The van der Waals surface area contributed by atoms with Crippen molar-refractivity contribution in [2.45, 2.75) is 30.8 Å². The SMILES string of the molecule is CCOc1ccc(S(=O)(=O)N2CCC(Oc3cccc4cccnc34)CC2)cc1F. The van der Waals surface area contributed by atoms with Gasteiger partial charge in [-0.05, 0) is 50.1 Å². The number of hydrogen-bond donors (Lipinski definition) is 0. The summed E-state index contributed by atoms with van der Waals surface area (Å²) in [5, 5.41) is 0.993. The molecule has 3 aromatic rings. The highest BCUT2D eigenvalue weighted by Gasteiger charge is 2.31. The Labute approximate surface area is 175 Å². The highest BCUT2D eigenvalue weighted by Crippen LogP contribution is 2.29. The van der Waals surface area contributed by atoms with E-state index in [4.69, 9.17) is 9.47 Å². The summed E-state index contributed by atoms with van der Waals surface area (Å²) < 4.78 is 52.6. The molecule has 0 atom stereocenters. The molecule has 1 aliphatic heterocycles. The van der Waals surface area contributed by atoms with Crippen LogP contribution in [-0.2, 0) is 10.0 Å². The normalized spacial score (nSPS) is 15.9. The number of aromatic nitrogens is 1. The Kier molecular flexibility index (Phi) is 5.87. The third-order valence-electron chi connectivity index (χ3n) is 5.13. The van der Waals surface area contributed by atoms with E-state index >= 15 is 0 Å². The molecule has 0 aliphatic carbocycles. The Morgan fingerprint density at radius 1 is 1.10 bits per heavy atom. The number of fused-ring (bicyclic) bond motifs is 1. The summed E-state index contributed by atoms with van der Waals surface area (Å²) in [5.74, 6) is 0.0647. The number of piperidine rings is 1. The van der Waals surface area contributed by atoms with Crippen molar-refractivity contribution in [1.29, 1.82) is 0 Å². The quantitative estimate of drug-likeness (QED) is 0.591. The van der Waals surface area contributed by atoms with Crippen LogP contribution in [0, 0.1) is 5.82 Å². The first-order valence-electron chi connectivity index (χ1n) is 9.92. The molecule has 0 amide bonds. The summed E-state index contributed by atoms with van der Waals surface area (Å²) in [4.78, 5) is 4.32. The zero-order valence-corrected chi connectivity index (χ0v) is 17.4. The molecule has 8 heteroatoms. The molecule has 1 saturated heterocycles. The van der Waals surface area contributed by atoms with E-state index in [1.54, 1.807) is 13.1 Å². The van der Waals surface area contributed by atoms with Crippen molar-refractivity contribution in [2.24, 2.45) is 0 Å². The van der Waals surface area contributed by atoms with Gasteiger partial charge in [-0.15, -0.1) is 0 Å². The molecule has 0 saturated carbocycles. The van der Waals surface area contributed by atoms with Gasteiger partial charge in [0.25, 0.3) is 0 Å². The molecule has 30 heavy (non-hydrogen) atoms. The zero-order chi connectivity index (χ0) is 21.1. The van der Waals surface area contributed by atoms with E-state index in [2.05, 4.69) is 4.98 Å². The number of ether oxygens (including phenoxy) is 2. The van der Waals surface area contributed by atoms with E-state index in [0.717, 1.165) is 17.0 Å². The monoisotopic (exact) mass is 430 g/mol. The number of sulfonamides is 1. The first-order valence-corrected chi connectivity index (χ1v) is 11.4. The molecule has 0 radical (unpaired) electrons. The van der Waals surface area contributed by atoms with Gasteiger partial charge in [-0.2, -0.15) is 4.31 Å². The average Bonchev–Trinajstić information content (AvgIpc) is 2.76. The van der Waals surface area contributed by atoms with Gasteiger partial charge in [-0.25, -0.2) is 12.8 Å². The van der Waals surface area contributed by atoms with Gasteiger partial charge in [0.05, 0.1) is 11.5 Å². The van der Waals surface area contributed by atoms with Crippen LogP contribution in [0.25, 0.3) is 10.9 Å². The van der Waals surface area contributed by atoms with Crippen molar-refractivity contribution >= 4 is 20.9 Å². The first kappa shape index (κ1) is 20.6. The molecule has 0 unspecified atom stereocenters. The largest absolute Gasteiger partial charge is 0.491 e. The van der Waals surface area contributed by atoms with Gasteiger partial charge in [0.15, 0.2) is 11.6 Å². The lowest BCUT2D eigenvalue weighted by atomic mass is 10.1. The summed E-state index contributed by atoms with van der Waals surface area (Å²) in [6.45, 7) is 2.66. The van der Waals surface area contributed by atoms with Gasteiger partial charge in [0.1, 0.15) is 17.4 Å². The molecular formula is C22H23FN2O4S. The average molecular weight is 431 g/mol. The maximum absolute atomic E-state index is 14.1. The van der Waals surface area contributed by atoms with Crippen LogP contribution in [0.15, 0.2) is 59.6 Å². The number of para-hydroxylation sites is 1. The minimum atomic E-state index is -3.78. The fraction of sp³-hybridized carbons (Fsp3) is 0.318. The Bertz CT molecular complexity index is 1140. The number of halogens is 1. The predicted octanol–water partition coefficient (Wildman–Crippen LogP) is 4.00. The van der Waals surface area contributed by atoms with Crippen LogP contribution in [0.5, 0.6) is 11.5 Å². The van der Waals surface area contributed by atoms with Crippen molar-refractivity contribution in [3.8, 4) is 11.5 Å². The van der Waals surface area contributed by atoms with Gasteiger partial charge in [-0.3, -0.25) is 4.98 Å². The lowest BCUT2D eigenvalue weighted by Crippen LogP contribution is -2.41. The molecule has 2 heterocycles. The minimum absolute atomic E-state index is 0.0484. The van der Waals surface area contributed by atoms with Gasteiger partial charge < -0.3 is 9.47 Å². The van der Waals surface area contributed by atoms with Crippen molar-refractivity contribution < 1.29 is 22.3 Å². The fourth-order valence-electron chi connectivity index (χ4n) is 3.60. The molecule has 158 valence electrons. The Balaban J connectivity index is 1.44. The minimum Gasteiger partial charge on any atom is -0.491 e. The molecule has 1 fully saturated rings. The summed E-state index contributed by atoms with van der Waals surface area (Å²) in [6, 6.07) is 13.4. The highest BCUT2D eigenvalue weighted by molar-refractivity contribution is 7.89. The van der Waals surface area contributed by atoms with Gasteiger partial charge >= 0.3 is 0 Å². The van der Waals surface area contributed by atoms with Gasteiger partial charge in [0, 0.05) is 24.7 Å². The number of pyridine rings is 1. The van der Waals surface area contributed by atoms with Crippen LogP contribution in [0.3, 0.4) is 0 Å². The molecule has 6 nitrogen and oxygen atoms in total. The standard InChI is InChI=1S/C22H23FN2O4S/c1-2-28-20-9-8-18(15-19(20)23)30(26,27)25-13-10-17(11-14-25)29-21-7-3-5-16-6-4-12-24-22(16)21/h3-9,12,15,17H,2,10-11,13-14H2,1H3. The number of benzene rings is 2. The van der Waals surface area contributed by atoms with E-state index < -0.39 is 15.8 Å². The summed E-state index contributed by atoms with van der Waals surface area (Å²) >= 11 is 0. The molecular weight excluding hydrogens is 407 g/mol. The Hall–Kier alpha value is -2.71. The topological polar surface area (TPSA) is 68.7 Å². The fourth-order valence-corrected chi connectivity index (χ4v) is 5.09.